The lowest BCUT2D eigenvalue weighted by molar-refractivity contribution is -0.134. The average Bonchev–Trinajstić information content (AvgIpc) is 3.08. The number of hydrogen-bond acceptors (Lipinski definition) is 2. The molecule has 2 N–H and O–H groups in total. The van der Waals surface area contributed by atoms with E-state index in [4.69, 9.17) is 11.6 Å². The standard InChI is InChI=1S/C14H17ClN2O2/c1-9(2)16-12(18)14(6-7-14)13(19)17-11-5-3-4-10(15)8-11/h3-5,8-9H,6-7H2,1-2H3,(H,16,18)(H,17,19). The first-order valence-electron chi connectivity index (χ1n) is 6.32. The lowest BCUT2D eigenvalue weighted by Crippen LogP contribution is -2.42. The maximum atomic E-state index is 12.2. The van der Waals surface area contributed by atoms with Gasteiger partial charge in [0.1, 0.15) is 5.41 Å². The fraction of sp³-hybridized carbons (Fsp3) is 0.429. The summed E-state index contributed by atoms with van der Waals surface area (Å²) in [5.41, 5.74) is -0.284. The van der Waals surface area contributed by atoms with Crippen molar-refractivity contribution >= 4 is 29.1 Å². The van der Waals surface area contributed by atoms with Crippen LogP contribution in [0, 0.1) is 5.41 Å². The second-order valence-corrected chi connectivity index (χ2v) is 5.61. The third kappa shape index (κ3) is 3.07. The first kappa shape index (κ1) is 13.9. The van der Waals surface area contributed by atoms with Gasteiger partial charge in [0, 0.05) is 16.8 Å². The Balaban J connectivity index is 2.06. The smallest absolute Gasteiger partial charge is 0.240 e. The van der Waals surface area contributed by atoms with Crippen LogP contribution in [-0.2, 0) is 9.59 Å². The van der Waals surface area contributed by atoms with Crippen LogP contribution in [0.1, 0.15) is 26.7 Å². The van der Waals surface area contributed by atoms with Gasteiger partial charge in [0.2, 0.25) is 11.8 Å². The summed E-state index contributed by atoms with van der Waals surface area (Å²) in [6, 6.07) is 6.93. The molecule has 0 saturated heterocycles. The van der Waals surface area contributed by atoms with Gasteiger partial charge in [0.15, 0.2) is 0 Å². The molecule has 5 heteroatoms. The zero-order valence-electron chi connectivity index (χ0n) is 11.0. The number of anilines is 1. The van der Waals surface area contributed by atoms with Crippen LogP contribution in [0.3, 0.4) is 0 Å². The summed E-state index contributed by atoms with van der Waals surface area (Å²) in [7, 11) is 0. The molecule has 1 fully saturated rings. The Bertz CT molecular complexity index is 510. The van der Waals surface area contributed by atoms with Crippen LogP contribution in [0.4, 0.5) is 5.69 Å². The summed E-state index contributed by atoms with van der Waals surface area (Å²) in [6.07, 6.45) is 1.19. The highest BCUT2D eigenvalue weighted by Gasteiger charge is 2.56. The van der Waals surface area contributed by atoms with Crippen LogP contribution in [0.5, 0.6) is 0 Å². The molecule has 0 aliphatic heterocycles. The molecule has 0 bridgehead atoms. The molecule has 0 heterocycles. The quantitative estimate of drug-likeness (QED) is 0.833. The molecule has 2 amide bonds. The van der Waals surface area contributed by atoms with Gasteiger partial charge in [-0.3, -0.25) is 9.59 Å². The lowest BCUT2D eigenvalue weighted by atomic mass is 10.0. The Morgan fingerprint density at radius 3 is 2.47 bits per heavy atom. The fourth-order valence-corrected chi connectivity index (χ4v) is 2.09. The Morgan fingerprint density at radius 1 is 1.26 bits per heavy atom. The van der Waals surface area contributed by atoms with E-state index in [1.807, 2.05) is 13.8 Å². The van der Waals surface area contributed by atoms with Crippen molar-refractivity contribution in [1.82, 2.24) is 5.32 Å². The normalized spacial score (nSPS) is 16.0. The summed E-state index contributed by atoms with van der Waals surface area (Å²) < 4.78 is 0. The van der Waals surface area contributed by atoms with Gasteiger partial charge in [-0.05, 0) is 44.9 Å². The van der Waals surface area contributed by atoms with E-state index in [2.05, 4.69) is 10.6 Å². The topological polar surface area (TPSA) is 58.2 Å². The minimum atomic E-state index is -0.896. The van der Waals surface area contributed by atoms with Crippen molar-refractivity contribution in [3.05, 3.63) is 29.3 Å². The summed E-state index contributed by atoms with van der Waals surface area (Å²) in [5, 5.41) is 6.10. The number of amides is 2. The van der Waals surface area contributed by atoms with Gasteiger partial charge in [-0.25, -0.2) is 0 Å². The van der Waals surface area contributed by atoms with Gasteiger partial charge >= 0.3 is 0 Å². The zero-order chi connectivity index (χ0) is 14.0. The molecule has 1 aromatic rings. The van der Waals surface area contributed by atoms with Crippen molar-refractivity contribution in [3.8, 4) is 0 Å². The van der Waals surface area contributed by atoms with E-state index >= 15 is 0 Å². The highest BCUT2D eigenvalue weighted by Crippen LogP contribution is 2.47. The Hall–Kier alpha value is -1.55. The molecular formula is C14H17ClN2O2. The van der Waals surface area contributed by atoms with E-state index < -0.39 is 5.41 Å². The Labute approximate surface area is 117 Å². The number of rotatable bonds is 4. The van der Waals surface area contributed by atoms with Gasteiger partial charge in [-0.1, -0.05) is 17.7 Å². The van der Waals surface area contributed by atoms with Gasteiger partial charge in [-0.2, -0.15) is 0 Å². The van der Waals surface area contributed by atoms with Crippen molar-refractivity contribution < 1.29 is 9.59 Å². The third-order valence-electron chi connectivity index (χ3n) is 3.12. The van der Waals surface area contributed by atoms with E-state index in [9.17, 15) is 9.59 Å². The highest BCUT2D eigenvalue weighted by molar-refractivity contribution is 6.31. The second kappa shape index (κ2) is 5.21. The van der Waals surface area contributed by atoms with Crippen LogP contribution in [0.25, 0.3) is 0 Å². The van der Waals surface area contributed by atoms with E-state index in [1.165, 1.54) is 0 Å². The van der Waals surface area contributed by atoms with E-state index in [1.54, 1.807) is 24.3 Å². The van der Waals surface area contributed by atoms with E-state index in [0.717, 1.165) is 0 Å². The largest absolute Gasteiger partial charge is 0.353 e. The van der Waals surface area contributed by atoms with Crippen molar-refractivity contribution in [2.75, 3.05) is 5.32 Å². The van der Waals surface area contributed by atoms with E-state index in [-0.39, 0.29) is 17.9 Å². The molecular weight excluding hydrogens is 264 g/mol. The zero-order valence-corrected chi connectivity index (χ0v) is 11.8. The van der Waals surface area contributed by atoms with Crippen molar-refractivity contribution in [2.24, 2.45) is 5.41 Å². The molecule has 1 saturated carbocycles. The van der Waals surface area contributed by atoms with Crippen molar-refractivity contribution in [2.45, 2.75) is 32.7 Å². The molecule has 1 aliphatic carbocycles. The number of halogens is 1. The van der Waals surface area contributed by atoms with Crippen LogP contribution in [-0.4, -0.2) is 17.9 Å². The molecule has 2 rings (SSSR count). The first-order valence-corrected chi connectivity index (χ1v) is 6.70. The molecule has 0 atom stereocenters. The molecule has 1 aliphatic rings. The first-order chi connectivity index (χ1) is 8.94. The summed E-state index contributed by atoms with van der Waals surface area (Å²) in [5.74, 6) is -0.449. The number of nitrogens with one attached hydrogen (secondary N) is 2. The van der Waals surface area contributed by atoms with Crippen molar-refractivity contribution in [3.63, 3.8) is 0 Å². The summed E-state index contributed by atoms with van der Waals surface area (Å²) in [4.78, 5) is 24.3. The molecule has 0 aromatic heterocycles. The van der Waals surface area contributed by atoms with Crippen LogP contribution >= 0.6 is 11.6 Å². The van der Waals surface area contributed by atoms with Gasteiger partial charge in [0.25, 0.3) is 0 Å². The molecule has 0 radical (unpaired) electrons. The van der Waals surface area contributed by atoms with Crippen LogP contribution < -0.4 is 10.6 Å². The maximum absolute atomic E-state index is 12.2. The molecule has 0 unspecified atom stereocenters. The fourth-order valence-electron chi connectivity index (χ4n) is 1.90. The number of carbonyl (C=O) groups is 2. The monoisotopic (exact) mass is 280 g/mol. The van der Waals surface area contributed by atoms with Crippen LogP contribution in [0.15, 0.2) is 24.3 Å². The molecule has 0 spiro atoms. The van der Waals surface area contributed by atoms with Gasteiger partial charge < -0.3 is 10.6 Å². The van der Waals surface area contributed by atoms with Crippen molar-refractivity contribution in [1.29, 1.82) is 0 Å². The number of hydrogen-bond donors (Lipinski definition) is 2. The number of carbonyl (C=O) groups excluding carboxylic acids is 2. The Kier molecular flexibility index (Phi) is 3.80. The molecule has 4 nitrogen and oxygen atoms in total. The summed E-state index contributed by atoms with van der Waals surface area (Å²) in [6.45, 7) is 3.76. The van der Waals surface area contributed by atoms with E-state index in [0.29, 0.717) is 23.6 Å². The maximum Gasteiger partial charge on any atom is 0.240 e. The highest BCUT2D eigenvalue weighted by atomic mass is 35.5. The average molecular weight is 281 g/mol. The van der Waals surface area contributed by atoms with Crippen LogP contribution in [0.2, 0.25) is 5.02 Å². The molecule has 102 valence electrons. The number of benzene rings is 1. The molecule has 1 aromatic carbocycles. The molecule has 19 heavy (non-hydrogen) atoms. The second-order valence-electron chi connectivity index (χ2n) is 5.17. The van der Waals surface area contributed by atoms with Gasteiger partial charge in [-0.15, -0.1) is 0 Å². The predicted octanol–water partition coefficient (Wildman–Crippen LogP) is 2.58. The van der Waals surface area contributed by atoms with Gasteiger partial charge in [0.05, 0.1) is 0 Å². The minimum Gasteiger partial charge on any atom is -0.353 e. The minimum absolute atomic E-state index is 0.0314. The summed E-state index contributed by atoms with van der Waals surface area (Å²) >= 11 is 5.86. The predicted molar refractivity (Wildman–Crippen MR) is 75.0 cm³/mol. The Morgan fingerprint density at radius 2 is 1.95 bits per heavy atom. The SMILES string of the molecule is CC(C)NC(=O)C1(C(=O)Nc2cccc(Cl)c2)CC1. The lowest BCUT2D eigenvalue weighted by Gasteiger charge is -2.17. The third-order valence-corrected chi connectivity index (χ3v) is 3.36.